The number of alkyl halides is 6. The highest BCUT2D eigenvalue weighted by molar-refractivity contribution is 7.15. The Morgan fingerprint density at radius 3 is 2.05 bits per heavy atom. The minimum absolute atomic E-state index is 0.0597. The lowest BCUT2D eigenvalue weighted by atomic mass is 9.99. The van der Waals surface area contributed by atoms with E-state index < -0.39 is 29.0 Å². The van der Waals surface area contributed by atoms with E-state index in [1.165, 1.54) is 37.4 Å². The van der Waals surface area contributed by atoms with Crippen molar-refractivity contribution in [2.75, 3.05) is 17.3 Å². The number of rotatable bonds is 7. The first-order valence-electron chi connectivity index (χ1n) is 11.2. The van der Waals surface area contributed by atoms with Gasteiger partial charge in [-0.2, -0.15) is 13.2 Å². The summed E-state index contributed by atoms with van der Waals surface area (Å²) in [6, 6.07) is 15.1. The van der Waals surface area contributed by atoms with Crippen LogP contribution in [0.3, 0.4) is 0 Å². The summed E-state index contributed by atoms with van der Waals surface area (Å²) in [4.78, 5) is 25.7. The third-order valence-electron chi connectivity index (χ3n) is 5.76. The summed E-state index contributed by atoms with van der Waals surface area (Å²) in [7, 11) is 1.30. The minimum Gasteiger partial charge on any atom is -0.406 e. The second-order valence-electron chi connectivity index (χ2n) is 8.29. The molecule has 13 heteroatoms. The van der Waals surface area contributed by atoms with E-state index in [2.05, 4.69) is 10.1 Å². The van der Waals surface area contributed by atoms with Crippen molar-refractivity contribution in [1.29, 1.82) is 0 Å². The molecule has 0 saturated carbocycles. The van der Waals surface area contributed by atoms with E-state index >= 15 is 0 Å². The van der Waals surface area contributed by atoms with E-state index in [1.807, 2.05) is 0 Å². The molecule has 5 nitrogen and oxygen atoms in total. The van der Waals surface area contributed by atoms with Crippen LogP contribution in [0.4, 0.5) is 37.0 Å². The molecular weight excluding hydrogens is 582 g/mol. The van der Waals surface area contributed by atoms with Crippen LogP contribution in [-0.4, -0.2) is 25.7 Å². The molecule has 0 aliphatic carbocycles. The van der Waals surface area contributed by atoms with Gasteiger partial charge in [0.25, 0.3) is 5.91 Å². The number of nitrogens with one attached hydrogen (secondary N) is 1. The summed E-state index contributed by atoms with van der Waals surface area (Å²) >= 11 is 6.76. The van der Waals surface area contributed by atoms with Crippen LogP contribution in [0.15, 0.2) is 72.1 Å². The van der Waals surface area contributed by atoms with Crippen molar-refractivity contribution in [2.24, 2.45) is 0 Å². The number of ether oxygens (including phenoxy) is 1. The molecule has 0 unspecified atom stereocenters. The van der Waals surface area contributed by atoms with Crippen molar-refractivity contribution in [2.45, 2.75) is 12.5 Å². The smallest absolute Gasteiger partial charge is 0.406 e. The topological polar surface area (TPSA) is 58.6 Å². The molecule has 0 aliphatic rings. The van der Waals surface area contributed by atoms with E-state index in [-0.39, 0.29) is 22.0 Å². The summed E-state index contributed by atoms with van der Waals surface area (Å²) in [5.74, 6) is -1.04. The molecule has 3 aromatic carbocycles. The van der Waals surface area contributed by atoms with Gasteiger partial charge in [-0.15, -0.1) is 24.5 Å². The van der Waals surface area contributed by atoms with Crippen LogP contribution < -0.4 is 15.0 Å². The number of carbonyl (C=O) groups is 2. The van der Waals surface area contributed by atoms with Crippen LogP contribution >= 0.6 is 22.9 Å². The lowest BCUT2D eigenvalue weighted by molar-refractivity contribution is -0.274. The first kappa shape index (κ1) is 29.0. The van der Waals surface area contributed by atoms with Crippen molar-refractivity contribution in [3.05, 3.63) is 88.3 Å². The Labute approximate surface area is 232 Å². The molecular formula is C27H17ClF6N2O3S. The zero-order valence-electron chi connectivity index (χ0n) is 20.2. The molecule has 40 heavy (non-hydrogen) atoms. The van der Waals surface area contributed by atoms with Gasteiger partial charge in [0, 0.05) is 23.7 Å². The molecule has 0 aliphatic heterocycles. The van der Waals surface area contributed by atoms with E-state index in [4.69, 9.17) is 11.6 Å². The number of hydrogen-bond acceptors (Lipinski definition) is 4. The second kappa shape index (κ2) is 11.2. The molecule has 0 spiro atoms. The van der Waals surface area contributed by atoms with Gasteiger partial charge in [-0.05, 0) is 47.0 Å². The molecule has 0 saturated heterocycles. The highest BCUT2D eigenvalue weighted by Gasteiger charge is 2.34. The average Bonchev–Trinajstić information content (AvgIpc) is 3.31. The predicted octanol–water partition coefficient (Wildman–Crippen LogP) is 8.50. The van der Waals surface area contributed by atoms with Crippen molar-refractivity contribution in [3.8, 4) is 28.0 Å². The lowest BCUT2D eigenvalue weighted by Gasteiger charge is -2.20. The van der Waals surface area contributed by atoms with Crippen molar-refractivity contribution in [3.63, 3.8) is 0 Å². The number of anilines is 2. The summed E-state index contributed by atoms with van der Waals surface area (Å²) in [5, 5.41) is 3.75. The van der Waals surface area contributed by atoms with Gasteiger partial charge in [0.1, 0.15) is 10.8 Å². The van der Waals surface area contributed by atoms with Crippen LogP contribution in [0.5, 0.6) is 5.75 Å². The van der Waals surface area contributed by atoms with E-state index in [0.717, 1.165) is 28.4 Å². The van der Waals surface area contributed by atoms with Gasteiger partial charge >= 0.3 is 12.5 Å². The molecule has 0 radical (unpaired) electrons. The van der Waals surface area contributed by atoms with Crippen LogP contribution in [0.25, 0.3) is 22.3 Å². The fraction of sp³-hybridized carbons (Fsp3) is 0.111. The number of carbonyl (C=O) groups excluding carboxylic acids is 2. The van der Waals surface area contributed by atoms with E-state index in [0.29, 0.717) is 28.7 Å². The van der Waals surface area contributed by atoms with Crippen molar-refractivity contribution in [1.82, 2.24) is 0 Å². The summed E-state index contributed by atoms with van der Waals surface area (Å²) in [6.07, 6.45) is -9.16. The number of amides is 2. The molecule has 1 heterocycles. The van der Waals surface area contributed by atoms with Gasteiger partial charge in [0.15, 0.2) is 0 Å². The average molecular weight is 599 g/mol. The quantitative estimate of drug-likeness (QED) is 0.171. The molecule has 0 atom stereocenters. The highest BCUT2D eigenvalue weighted by Crippen LogP contribution is 2.40. The Morgan fingerprint density at radius 2 is 1.50 bits per heavy atom. The predicted molar refractivity (Wildman–Crippen MR) is 141 cm³/mol. The molecule has 1 N–H and O–H groups in total. The Hall–Kier alpha value is -4.03. The maximum atomic E-state index is 13.5. The van der Waals surface area contributed by atoms with Crippen LogP contribution in [-0.2, 0) is 11.0 Å². The highest BCUT2D eigenvalue weighted by atomic mass is 35.5. The molecule has 0 bridgehead atoms. The van der Waals surface area contributed by atoms with Crippen LogP contribution in [0, 0.1) is 0 Å². The zero-order valence-corrected chi connectivity index (χ0v) is 21.8. The largest absolute Gasteiger partial charge is 0.573 e. The number of benzene rings is 3. The van der Waals surface area contributed by atoms with Crippen LogP contribution in [0.1, 0.15) is 15.9 Å². The second-order valence-corrected chi connectivity index (χ2v) is 9.58. The lowest BCUT2D eigenvalue weighted by Crippen LogP contribution is -2.27. The standard InChI is InChI=1S/C27H17ClF6N2O3S/c1-36(18-8-11-22(28)21(12-18)26(29,30)31)25(38)23-20(13-40-24(23)35-14-37)17-4-2-15(3-5-17)16-6-9-19(10-7-16)39-27(32,33)34/h2-14H,1H3,(H,35,37). The number of thiophene rings is 1. The minimum atomic E-state index is -4.81. The van der Waals surface area contributed by atoms with E-state index in [1.54, 1.807) is 29.6 Å². The Balaban J connectivity index is 1.66. The fourth-order valence-electron chi connectivity index (χ4n) is 3.86. The Kier molecular flexibility index (Phi) is 8.13. The monoisotopic (exact) mass is 598 g/mol. The van der Waals surface area contributed by atoms with Gasteiger partial charge in [0.2, 0.25) is 6.41 Å². The van der Waals surface area contributed by atoms with Crippen molar-refractivity contribution < 1.29 is 40.7 Å². The molecule has 4 rings (SSSR count). The molecule has 208 valence electrons. The van der Waals surface area contributed by atoms with Gasteiger partial charge in [-0.1, -0.05) is 48.0 Å². The number of hydrogen-bond donors (Lipinski definition) is 1. The number of nitrogens with zero attached hydrogens (tertiary/aromatic N) is 1. The normalized spacial score (nSPS) is 11.7. The first-order valence-corrected chi connectivity index (χ1v) is 12.5. The first-order chi connectivity index (χ1) is 18.8. The number of halogens is 7. The maximum Gasteiger partial charge on any atom is 0.573 e. The van der Waals surface area contributed by atoms with Gasteiger partial charge in [-0.25, -0.2) is 0 Å². The molecule has 4 aromatic rings. The summed E-state index contributed by atoms with van der Waals surface area (Å²) < 4.78 is 81.2. The van der Waals surface area contributed by atoms with Gasteiger partial charge < -0.3 is 15.0 Å². The molecule has 1 aromatic heterocycles. The van der Waals surface area contributed by atoms with Gasteiger partial charge in [-0.3, -0.25) is 9.59 Å². The SMILES string of the molecule is CN(C(=O)c1c(-c2ccc(-c3ccc(OC(F)(F)F)cc3)cc2)csc1NC=O)c1ccc(Cl)c(C(F)(F)F)c1. The Morgan fingerprint density at radius 1 is 0.925 bits per heavy atom. The zero-order chi connectivity index (χ0) is 29.2. The van der Waals surface area contributed by atoms with Crippen molar-refractivity contribution >= 4 is 45.9 Å². The summed E-state index contributed by atoms with van der Waals surface area (Å²) in [6.45, 7) is 0. The van der Waals surface area contributed by atoms with Gasteiger partial charge in [0.05, 0.1) is 16.1 Å². The third-order valence-corrected chi connectivity index (χ3v) is 7.00. The molecule has 0 fully saturated rings. The van der Waals surface area contributed by atoms with E-state index in [9.17, 15) is 35.9 Å². The summed E-state index contributed by atoms with van der Waals surface area (Å²) in [5.41, 5.74) is 1.13. The fourth-order valence-corrected chi connectivity index (χ4v) is 5.00. The maximum absolute atomic E-state index is 13.5. The molecule has 2 amide bonds. The third kappa shape index (κ3) is 6.40. The van der Waals surface area contributed by atoms with Crippen LogP contribution in [0.2, 0.25) is 5.02 Å². The Bertz CT molecular complexity index is 1530.